The van der Waals surface area contributed by atoms with Gasteiger partial charge in [-0.3, -0.25) is 5.32 Å². The van der Waals surface area contributed by atoms with Gasteiger partial charge >= 0.3 is 6.09 Å². The Bertz CT molecular complexity index is 581. The number of hydrogen-bond donors (Lipinski definition) is 2. The predicted molar refractivity (Wildman–Crippen MR) is 76.6 cm³/mol. The molecule has 0 aliphatic heterocycles. The van der Waals surface area contributed by atoms with Crippen LogP contribution in [0.25, 0.3) is 10.6 Å². The Balaban J connectivity index is 2.30. The molecule has 100 valence electrons. The van der Waals surface area contributed by atoms with Crippen molar-refractivity contribution in [3.8, 4) is 10.6 Å². The highest BCUT2D eigenvalue weighted by Gasteiger charge is 2.11. The van der Waals surface area contributed by atoms with Gasteiger partial charge in [-0.05, 0) is 26.2 Å². The number of carbonyl (C=O) groups is 1. The molecule has 0 bridgehead atoms. The van der Waals surface area contributed by atoms with Crippen LogP contribution in [0.4, 0.5) is 10.5 Å². The van der Waals surface area contributed by atoms with E-state index in [1.165, 1.54) is 11.3 Å². The van der Waals surface area contributed by atoms with Gasteiger partial charge in [0.25, 0.3) is 0 Å². The molecule has 1 amide bonds. The lowest BCUT2D eigenvalue weighted by molar-refractivity contribution is 0.210. The van der Waals surface area contributed by atoms with Gasteiger partial charge in [-0.2, -0.15) is 0 Å². The third-order valence-corrected chi connectivity index (χ3v) is 3.35. The SMILES string of the molecule is CN(C)Cc1csc(-c2ccccc2NC(=O)O)n1. The van der Waals surface area contributed by atoms with Gasteiger partial charge in [-0.15, -0.1) is 11.3 Å². The second kappa shape index (κ2) is 5.81. The van der Waals surface area contributed by atoms with E-state index in [9.17, 15) is 4.79 Å². The minimum Gasteiger partial charge on any atom is -0.465 e. The highest BCUT2D eigenvalue weighted by Crippen LogP contribution is 2.30. The Kier molecular flexibility index (Phi) is 4.13. The summed E-state index contributed by atoms with van der Waals surface area (Å²) in [7, 11) is 3.97. The number of anilines is 1. The van der Waals surface area contributed by atoms with Crippen LogP contribution in [0, 0.1) is 0 Å². The fraction of sp³-hybridized carbons (Fsp3) is 0.231. The molecule has 0 radical (unpaired) electrons. The molecule has 0 aliphatic carbocycles. The van der Waals surface area contributed by atoms with Crippen LogP contribution in [0.1, 0.15) is 5.69 Å². The summed E-state index contributed by atoms with van der Waals surface area (Å²) >= 11 is 1.52. The first kappa shape index (κ1) is 13.5. The molecule has 19 heavy (non-hydrogen) atoms. The minimum atomic E-state index is -1.07. The molecule has 1 heterocycles. The standard InChI is InChI=1S/C13H15N3O2S/c1-16(2)7-9-8-19-12(14-9)10-5-3-4-6-11(10)15-13(17)18/h3-6,8,15H,7H2,1-2H3,(H,17,18). The molecule has 6 heteroatoms. The molecule has 0 unspecified atom stereocenters. The topological polar surface area (TPSA) is 65.5 Å². The fourth-order valence-corrected chi connectivity index (χ4v) is 2.57. The molecule has 5 nitrogen and oxygen atoms in total. The number of aromatic nitrogens is 1. The molecule has 1 aromatic heterocycles. The van der Waals surface area contributed by atoms with Gasteiger partial charge in [0.05, 0.1) is 11.4 Å². The third kappa shape index (κ3) is 3.52. The van der Waals surface area contributed by atoms with Gasteiger partial charge in [0.15, 0.2) is 0 Å². The van der Waals surface area contributed by atoms with Gasteiger partial charge in [0.1, 0.15) is 5.01 Å². The normalized spacial score (nSPS) is 10.7. The van der Waals surface area contributed by atoms with Crippen LogP contribution in [0.2, 0.25) is 0 Å². The Morgan fingerprint density at radius 1 is 1.42 bits per heavy atom. The van der Waals surface area contributed by atoms with Crippen LogP contribution in [-0.4, -0.2) is 35.2 Å². The summed E-state index contributed by atoms with van der Waals surface area (Å²) < 4.78 is 0. The lowest BCUT2D eigenvalue weighted by Crippen LogP contribution is -2.10. The average Bonchev–Trinajstić information content (AvgIpc) is 2.76. The number of hydrogen-bond acceptors (Lipinski definition) is 4. The van der Waals surface area contributed by atoms with E-state index >= 15 is 0 Å². The Hall–Kier alpha value is -1.92. The van der Waals surface area contributed by atoms with Crippen molar-refractivity contribution in [2.24, 2.45) is 0 Å². The van der Waals surface area contributed by atoms with Crippen LogP contribution >= 0.6 is 11.3 Å². The van der Waals surface area contributed by atoms with Crippen molar-refractivity contribution in [2.75, 3.05) is 19.4 Å². The van der Waals surface area contributed by atoms with E-state index in [0.29, 0.717) is 5.69 Å². The summed E-state index contributed by atoms with van der Waals surface area (Å²) in [5, 5.41) is 14.0. The van der Waals surface area contributed by atoms with Crippen molar-refractivity contribution in [3.05, 3.63) is 35.3 Å². The zero-order valence-electron chi connectivity index (χ0n) is 10.8. The average molecular weight is 277 g/mol. The molecule has 2 N–H and O–H groups in total. The molecule has 0 aliphatic rings. The molecule has 0 fully saturated rings. The van der Waals surface area contributed by atoms with Crippen LogP contribution in [-0.2, 0) is 6.54 Å². The van der Waals surface area contributed by atoms with Gasteiger partial charge in [0, 0.05) is 17.5 Å². The summed E-state index contributed by atoms with van der Waals surface area (Å²) in [5.41, 5.74) is 2.34. The summed E-state index contributed by atoms with van der Waals surface area (Å²) in [4.78, 5) is 17.3. The molecule has 1 aromatic carbocycles. The minimum absolute atomic E-state index is 0.556. The highest BCUT2D eigenvalue weighted by atomic mass is 32.1. The van der Waals surface area contributed by atoms with Crippen molar-refractivity contribution >= 4 is 23.1 Å². The molecule has 2 aromatic rings. The first-order valence-corrected chi connectivity index (χ1v) is 6.62. The Morgan fingerprint density at radius 2 is 2.16 bits per heavy atom. The number of para-hydroxylation sites is 1. The first-order chi connectivity index (χ1) is 9.06. The molecule has 2 rings (SSSR count). The van der Waals surface area contributed by atoms with Crippen molar-refractivity contribution in [3.63, 3.8) is 0 Å². The Morgan fingerprint density at radius 3 is 2.84 bits per heavy atom. The van der Waals surface area contributed by atoms with Crippen molar-refractivity contribution in [2.45, 2.75) is 6.54 Å². The second-order valence-electron chi connectivity index (χ2n) is 4.36. The molecule has 0 saturated heterocycles. The van der Waals surface area contributed by atoms with E-state index in [2.05, 4.69) is 10.3 Å². The summed E-state index contributed by atoms with van der Waals surface area (Å²) in [5.74, 6) is 0. The second-order valence-corrected chi connectivity index (χ2v) is 5.22. The Labute approximate surface area is 115 Å². The predicted octanol–water partition coefficient (Wildman–Crippen LogP) is 2.96. The van der Waals surface area contributed by atoms with Gasteiger partial charge in [0.2, 0.25) is 0 Å². The van der Waals surface area contributed by atoms with Crippen molar-refractivity contribution < 1.29 is 9.90 Å². The molecular formula is C13H15N3O2S. The monoisotopic (exact) mass is 277 g/mol. The maximum Gasteiger partial charge on any atom is 0.409 e. The number of thiazole rings is 1. The first-order valence-electron chi connectivity index (χ1n) is 5.75. The maximum atomic E-state index is 10.8. The fourth-order valence-electron chi connectivity index (χ4n) is 1.72. The molecule has 0 saturated carbocycles. The number of rotatable bonds is 4. The zero-order chi connectivity index (χ0) is 13.8. The maximum absolute atomic E-state index is 10.8. The van der Waals surface area contributed by atoms with Crippen molar-refractivity contribution in [1.82, 2.24) is 9.88 Å². The van der Waals surface area contributed by atoms with E-state index in [1.54, 1.807) is 12.1 Å². The van der Waals surface area contributed by atoms with Crippen molar-refractivity contribution in [1.29, 1.82) is 0 Å². The largest absolute Gasteiger partial charge is 0.465 e. The summed E-state index contributed by atoms with van der Waals surface area (Å²) in [6.45, 7) is 0.769. The number of carboxylic acid groups (broad SMARTS) is 1. The smallest absolute Gasteiger partial charge is 0.409 e. The van der Waals surface area contributed by atoms with Gasteiger partial charge in [-0.1, -0.05) is 12.1 Å². The van der Waals surface area contributed by atoms with E-state index in [-0.39, 0.29) is 0 Å². The highest BCUT2D eigenvalue weighted by molar-refractivity contribution is 7.13. The van der Waals surface area contributed by atoms with E-state index in [4.69, 9.17) is 5.11 Å². The van der Waals surface area contributed by atoms with Crippen LogP contribution in [0.3, 0.4) is 0 Å². The quantitative estimate of drug-likeness (QED) is 0.901. The molecule has 0 atom stereocenters. The van der Waals surface area contributed by atoms with Crippen LogP contribution < -0.4 is 5.32 Å². The van der Waals surface area contributed by atoms with Crippen LogP contribution in [0.5, 0.6) is 0 Å². The zero-order valence-corrected chi connectivity index (χ0v) is 11.6. The number of nitrogens with one attached hydrogen (secondary N) is 1. The summed E-state index contributed by atoms with van der Waals surface area (Å²) in [6.07, 6.45) is -1.07. The number of benzene rings is 1. The molecule has 0 spiro atoms. The summed E-state index contributed by atoms with van der Waals surface area (Å²) in [6, 6.07) is 7.26. The lowest BCUT2D eigenvalue weighted by atomic mass is 10.2. The van der Waals surface area contributed by atoms with Gasteiger partial charge < -0.3 is 10.0 Å². The number of amides is 1. The lowest BCUT2D eigenvalue weighted by Gasteiger charge is -2.07. The van der Waals surface area contributed by atoms with Crippen LogP contribution in [0.15, 0.2) is 29.6 Å². The van der Waals surface area contributed by atoms with E-state index < -0.39 is 6.09 Å². The van der Waals surface area contributed by atoms with E-state index in [1.807, 2.05) is 36.5 Å². The third-order valence-electron chi connectivity index (χ3n) is 2.43. The molecular weight excluding hydrogens is 262 g/mol. The van der Waals surface area contributed by atoms with E-state index in [0.717, 1.165) is 22.8 Å². The van der Waals surface area contributed by atoms with Gasteiger partial charge in [-0.25, -0.2) is 9.78 Å². The number of nitrogens with zero attached hydrogens (tertiary/aromatic N) is 2.